The molecule has 0 spiro atoms. The van der Waals surface area contributed by atoms with Crippen LogP contribution in [0.5, 0.6) is 0 Å². The van der Waals surface area contributed by atoms with E-state index < -0.39 is 0 Å². The van der Waals surface area contributed by atoms with Crippen molar-refractivity contribution in [3.63, 3.8) is 0 Å². The first-order valence-corrected chi connectivity index (χ1v) is 11.8. The van der Waals surface area contributed by atoms with Crippen molar-refractivity contribution >= 4 is 34.1 Å². The summed E-state index contributed by atoms with van der Waals surface area (Å²) >= 11 is 0. The lowest BCUT2D eigenvalue weighted by molar-refractivity contribution is -0.672. The molecule has 172 valence electrons. The number of hydrogen-bond donors (Lipinski definition) is 0. The van der Waals surface area contributed by atoms with Crippen molar-refractivity contribution in [1.29, 1.82) is 0 Å². The Labute approximate surface area is 206 Å². The van der Waals surface area contributed by atoms with Crippen molar-refractivity contribution in [2.45, 2.75) is 39.3 Å². The number of fused-ring (bicyclic) bond motifs is 2. The highest BCUT2D eigenvalue weighted by atomic mass is 35.5. The first kappa shape index (κ1) is 22.4. The van der Waals surface area contributed by atoms with E-state index in [2.05, 4.69) is 83.5 Å². The first-order chi connectivity index (χ1) is 16.2. The molecule has 4 aromatic rings. The number of allylic oxidation sites excluding steroid dienone is 4. The van der Waals surface area contributed by atoms with Gasteiger partial charge in [0.15, 0.2) is 5.52 Å². The summed E-state index contributed by atoms with van der Waals surface area (Å²) in [6.45, 7) is 6.02. The summed E-state index contributed by atoms with van der Waals surface area (Å²) in [7, 11) is 2.18. The maximum Gasteiger partial charge on any atom is 0.323 e. The fourth-order valence-electron chi connectivity index (χ4n) is 5.41. The van der Waals surface area contributed by atoms with E-state index in [0.29, 0.717) is 5.92 Å². The lowest BCUT2D eigenvalue weighted by atomic mass is 9.87. The minimum Gasteiger partial charge on any atom is -1.00 e. The molecule has 34 heavy (non-hydrogen) atoms. The molecule has 0 N–H and O–H groups in total. The van der Waals surface area contributed by atoms with Gasteiger partial charge in [0.1, 0.15) is 5.52 Å². The van der Waals surface area contributed by atoms with Gasteiger partial charge in [-0.2, -0.15) is 0 Å². The maximum atomic E-state index is 4.96. The third kappa shape index (κ3) is 3.26. The van der Waals surface area contributed by atoms with Crippen LogP contribution in [0, 0.1) is 0 Å². The Morgan fingerprint density at radius 1 is 1.06 bits per heavy atom. The van der Waals surface area contributed by atoms with Gasteiger partial charge in [-0.15, -0.1) is 0 Å². The monoisotopic (exact) mass is 469 g/mol. The van der Waals surface area contributed by atoms with Crippen molar-refractivity contribution < 1.29 is 17.0 Å². The Morgan fingerprint density at radius 2 is 1.85 bits per heavy atom. The number of likely N-dealkylation sites (N-methyl/N-ethyl adjacent to an activating group) is 1. The van der Waals surface area contributed by atoms with Crippen molar-refractivity contribution in [2.75, 3.05) is 11.9 Å². The van der Waals surface area contributed by atoms with Crippen molar-refractivity contribution in [3.05, 3.63) is 89.4 Å². The van der Waals surface area contributed by atoms with Crippen LogP contribution in [0.1, 0.15) is 36.7 Å². The van der Waals surface area contributed by atoms with Crippen molar-refractivity contribution in [2.24, 2.45) is 0 Å². The van der Waals surface area contributed by atoms with Crippen LogP contribution in [0.3, 0.4) is 0 Å². The molecule has 0 radical (unpaired) electrons. The minimum atomic E-state index is 0. The molecule has 2 aromatic carbocycles. The van der Waals surface area contributed by atoms with Gasteiger partial charge in [0.25, 0.3) is 5.65 Å². The Morgan fingerprint density at radius 3 is 2.62 bits per heavy atom. The molecule has 5 nitrogen and oxygen atoms in total. The predicted octanol–water partition coefficient (Wildman–Crippen LogP) is 2.16. The molecular weight excluding hydrogens is 442 g/mol. The molecule has 2 aliphatic rings. The zero-order valence-electron chi connectivity index (χ0n) is 19.7. The van der Waals surface area contributed by atoms with Gasteiger partial charge in [-0.3, -0.25) is 0 Å². The molecule has 1 unspecified atom stereocenters. The van der Waals surface area contributed by atoms with Crippen LogP contribution in [0.15, 0.2) is 72.5 Å². The predicted molar refractivity (Wildman–Crippen MR) is 134 cm³/mol. The van der Waals surface area contributed by atoms with Gasteiger partial charge >= 0.3 is 5.65 Å². The molecule has 0 saturated heterocycles. The van der Waals surface area contributed by atoms with Crippen LogP contribution in [-0.2, 0) is 19.5 Å². The molecule has 3 heterocycles. The van der Waals surface area contributed by atoms with Crippen LogP contribution in [-0.4, -0.2) is 21.6 Å². The molecular formula is C28H28ClN5. The molecule has 1 aliphatic heterocycles. The Kier molecular flexibility index (Phi) is 5.74. The third-order valence-electron chi connectivity index (χ3n) is 6.96. The minimum absolute atomic E-state index is 0. The van der Waals surface area contributed by atoms with Crippen molar-refractivity contribution in [3.8, 4) is 0 Å². The third-order valence-corrected chi connectivity index (χ3v) is 6.96. The van der Waals surface area contributed by atoms with E-state index in [1.54, 1.807) is 0 Å². The summed E-state index contributed by atoms with van der Waals surface area (Å²) in [5.41, 5.74) is 9.30. The maximum absolute atomic E-state index is 4.96. The largest absolute Gasteiger partial charge is 1.00 e. The molecule has 0 fully saturated rings. The number of aryl methyl sites for hydroxylation is 2. The highest BCUT2D eigenvalue weighted by Crippen LogP contribution is 2.47. The number of nitrogens with zero attached hydrogens (tertiary/aromatic N) is 5. The van der Waals surface area contributed by atoms with Crippen LogP contribution < -0.4 is 21.9 Å². The van der Waals surface area contributed by atoms with Gasteiger partial charge in [-0.25, -0.2) is 14.1 Å². The number of rotatable bonds is 4. The Balaban J connectivity index is 0.00000241. The molecule has 1 atom stereocenters. The summed E-state index contributed by atoms with van der Waals surface area (Å²) in [5, 5.41) is 0. The van der Waals surface area contributed by atoms with Crippen LogP contribution in [0.25, 0.3) is 28.4 Å². The number of imidazole rings is 1. The molecule has 6 heteroatoms. The SMILES string of the molecule is CCn1c(/C=C/C=C2\C3C=CCc4cccc(c43)N2C)[n+](CC)c2nc3ccccc3nc21.[Cl-]. The number of anilines is 1. The number of benzene rings is 2. The van der Waals surface area contributed by atoms with E-state index in [4.69, 9.17) is 9.97 Å². The van der Waals surface area contributed by atoms with Gasteiger partial charge in [-0.05, 0) is 55.7 Å². The van der Waals surface area contributed by atoms with Crippen LogP contribution in [0.4, 0.5) is 5.69 Å². The second kappa shape index (κ2) is 8.73. The van der Waals surface area contributed by atoms with E-state index in [-0.39, 0.29) is 12.4 Å². The quantitative estimate of drug-likeness (QED) is 0.339. The summed E-state index contributed by atoms with van der Waals surface area (Å²) in [6.07, 6.45) is 12.3. The lowest BCUT2D eigenvalue weighted by Gasteiger charge is -2.17. The number of para-hydroxylation sites is 2. The number of halogens is 1. The van der Waals surface area contributed by atoms with E-state index in [9.17, 15) is 0 Å². The number of hydrogen-bond acceptors (Lipinski definition) is 3. The highest BCUT2D eigenvalue weighted by molar-refractivity contribution is 5.82. The second-order valence-corrected chi connectivity index (χ2v) is 8.68. The topological polar surface area (TPSA) is 37.8 Å². The van der Waals surface area contributed by atoms with Gasteiger partial charge in [-0.1, -0.05) is 47.5 Å². The Bertz CT molecular complexity index is 1430. The summed E-state index contributed by atoms with van der Waals surface area (Å²) in [4.78, 5) is 12.3. The Hall–Kier alpha value is -3.44. The van der Waals surface area contributed by atoms with Gasteiger partial charge in [0, 0.05) is 30.4 Å². The normalized spacial score (nSPS) is 17.8. The zero-order chi connectivity index (χ0) is 22.5. The average molecular weight is 470 g/mol. The summed E-state index contributed by atoms with van der Waals surface area (Å²) in [6, 6.07) is 14.8. The van der Waals surface area contributed by atoms with Crippen LogP contribution in [0.2, 0.25) is 0 Å². The zero-order valence-corrected chi connectivity index (χ0v) is 20.5. The molecule has 0 amide bonds. The standard InChI is InChI=1S/C28H28N5.ClH/c1-4-32-25(33(5-2)28-27(32)29-21-14-6-7-15-22(21)30-28)18-10-16-23-20-13-8-11-19-12-9-17-24(26(19)20)31(23)3;/h6-10,12-18,20H,4-5,11H2,1-3H3;1H/q+1;/p-1. The van der Waals surface area contributed by atoms with Crippen molar-refractivity contribution in [1.82, 2.24) is 14.5 Å². The summed E-state index contributed by atoms with van der Waals surface area (Å²) in [5.74, 6) is 1.46. The smallest absolute Gasteiger partial charge is 0.323 e. The van der Waals surface area contributed by atoms with Gasteiger partial charge in [0.2, 0.25) is 5.82 Å². The second-order valence-electron chi connectivity index (χ2n) is 8.68. The van der Waals surface area contributed by atoms with E-state index in [0.717, 1.165) is 47.7 Å². The fourth-order valence-corrected chi connectivity index (χ4v) is 5.41. The van der Waals surface area contributed by atoms with Gasteiger partial charge < -0.3 is 17.3 Å². The number of aromatic nitrogens is 4. The fraction of sp³-hybridized carbons (Fsp3) is 0.250. The summed E-state index contributed by atoms with van der Waals surface area (Å²) < 4.78 is 4.53. The molecule has 0 bridgehead atoms. The molecule has 1 aliphatic carbocycles. The molecule has 6 rings (SSSR count). The highest BCUT2D eigenvalue weighted by Gasteiger charge is 2.33. The average Bonchev–Trinajstić information content (AvgIpc) is 3.30. The van der Waals surface area contributed by atoms with Gasteiger partial charge in [0.05, 0.1) is 13.1 Å². The molecule has 2 aromatic heterocycles. The van der Waals surface area contributed by atoms with E-state index in [1.807, 2.05) is 24.3 Å². The van der Waals surface area contributed by atoms with E-state index in [1.165, 1.54) is 22.5 Å². The molecule has 0 saturated carbocycles. The first-order valence-electron chi connectivity index (χ1n) is 11.8. The lowest BCUT2D eigenvalue weighted by Crippen LogP contribution is -3.00. The van der Waals surface area contributed by atoms with E-state index >= 15 is 0 Å². The van der Waals surface area contributed by atoms with Crippen LogP contribution >= 0.6 is 0 Å².